The van der Waals surface area contributed by atoms with E-state index in [1.54, 1.807) is 0 Å². The van der Waals surface area contributed by atoms with E-state index < -0.39 is 0 Å². The molecule has 2 atom stereocenters. The van der Waals surface area contributed by atoms with Gasteiger partial charge in [-0.2, -0.15) is 0 Å². The van der Waals surface area contributed by atoms with E-state index in [0.717, 1.165) is 22.0 Å². The molecule has 1 nitrogen and oxygen atoms in total. The Kier molecular flexibility index (Phi) is 4.23. The number of carbonyl (C=O) groups is 1. The molecule has 0 aromatic heterocycles. The van der Waals surface area contributed by atoms with Crippen LogP contribution in [0.4, 0.5) is 0 Å². The lowest BCUT2D eigenvalue weighted by atomic mass is 9.74. The first-order valence-electron chi connectivity index (χ1n) is 6.36. The van der Waals surface area contributed by atoms with Crippen LogP contribution in [-0.2, 0) is 0 Å². The van der Waals surface area contributed by atoms with Crippen molar-refractivity contribution in [2.45, 2.75) is 33.1 Å². The Morgan fingerprint density at radius 1 is 1.12 bits per heavy atom. The normalized spacial score (nSPS) is 29.0. The van der Waals surface area contributed by atoms with Gasteiger partial charge in [0.2, 0.25) is 0 Å². The summed E-state index contributed by atoms with van der Waals surface area (Å²) in [7, 11) is 0. The van der Waals surface area contributed by atoms with E-state index in [9.17, 15) is 4.79 Å². The van der Waals surface area contributed by atoms with E-state index in [2.05, 4.69) is 36.4 Å². The van der Waals surface area contributed by atoms with Gasteiger partial charge in [-0.05, 0) is 59.8 Å². The lowest BCUT2D eigenvalue weighted by Crippen LogP contribution is -2.26. The number of halogens is 1. The van der Waals surface area contributed by atoms with Gasteiger partial charge >= 0.3 is 0 Å². The Morgan fingerprint density at radius 2 is 1.71 bits per heavy atom. The van der Waals surface area contributed by atoms with Crippen molar-refractivity contribution in [3.05, 3.63) is 33.4 Å². The molecule has 17 heavy (non-hydrogen) atoms. The van der Waals surface area contributed by atoms with Gasteiger partial charge in [-0.15, -0.1) is 0 Å². The number of Topliss-reactive ketones (excluding diaryl/α,β-unsaturated/α-hetero) is 1. The smallest absolute Gasteiger partial charge is 0.167 e. The zero-order valence-electron chi connectivity index (χ0n) is 10.4. The molecule has 0 saturated heterocycles. The quantitative estimate of drug-likeness (QED) is 0.569. The summed E-state index contributed by atoms with van der Waals surface area (Å²) < 4.78 is 1.08. The molecule has 0 heterocycles. The molecule has 0 bridgehead atoms. The molecule has 0 aliphatic heterocycles. The van der Waals surface area contributed by atoms with Crippen molar-refractivity contribution in [3.8, 4) is 0 Å². The average Bonchev–Trinajstić information content (AvgIpc) is 2.27. The molecule has 1 aromatic rings. The number of ketones is 1. The fourth-order valence-corrected chi connectivity index (χ4v) is 3.70. The van der Waals surface area contributed by atoms with Gasteiger partial charge in [0.05, 0.1) is 0 Å². The molecule has 1 aromatic carbocycles. The third kappa shape index (κ3) is 3.09. The summed E-state index contributed by atoms with van der Waals surface area (Å²) in [5.74, 6) is 1.97. The third-order valence-electron chi connectivity index (χ3n) is 3.69. The predicted octanol–water partition coefficient (Wildman–Crippen LogP) is 4.55. The van der Waals surface area contributed by atoms with Crippen molar-refractivity contribution in [1.29, 1.82) is 0 Å². The summed E-state index contributed by atoms with van der Waals surface area (Å²) in [6, 6.07) is 7.94. The topological polar surface area (TPSA) is 17.1 Å². The molecule has 0 N–H and O–H groups in total. The Morgan fingerprint density at radius 3 is 2.29 bits per heavy atom. The van der Waals surface area contributed by atoms with E-state index >= 15 is 0 Å². The molecule has 2 unspecified atom stereocenters. The van der Waals surface area contributed by atoms with E-state index in [-0.39, 0.29) is 5.92 Å². The number of carbonyl (C=O) groups excluding carboxylic acids is 1. The van der Waals surface area contributed by atoms with Crippen LogP contribution in [0, 0.1) is 21.3 Å². The second-order valence-corrected chi connectivity index (χ2v) is 6.62. The molecule has 0 radical (unpaired) electrons. The molecular weight excluding hydrogens is 323 g/mol. The Hall–Kier alpha value is -0.380. The van der Waals surface area contributed by atoms with Gasteiger partial charge in [0.15, 0.2) is 5.78 Å². The number of rotatable bonds is 2. The molecule has 2 rings (SSSR count). The second kappa shape index (κ2) is 5.51. The molecular formula is C15H19IO. The Bertz CT molecular complexity index is 403. The van der Waals surface area contributed by atoms with Crippen LogP contribution in [-0.4, -0.2) is 5.78 Å². The fraction of sp³-hybridized carbons (Fsp3) is 0.533. The van der Waals surface area contributed by atoms with Crippen molar-refractivity contribution in [1.82, 2.24) is 0 Å². The first kappa shape index (κ1) is 13.1. The molecule has 0 amide bonds. The first-order valence-corrected chi connectivity index (χ1v) is 7.44. The predicted molar refractivity (Wildman–Crippen MR) is 79.2 cm³/mol. The summed E-state index contributed by atoms with van der Waals surface area (Å²) in [5, 5.41) is 0. The van der Waals surface area contributed by atoms with Gasteiger partial charge in [-0.1, -0.05) is 32.0 Å². The van der Waals surface area contributed by atoms with Crippen LogP contribution in [0.3, 0.4) is 0 Å². The summed E-state index contributed by atoms with van der Waals surface area (Å²) >= 11 is 2.26. The average molecular weight is 342 g/mol. The van der Waals surface area contributed by atoms with E-state index in [1.165, 1.54) is 6.42 Å². The molecule has 0 spiro atoms. The maximum Gasteiger partial charge on any atom is 0.167 e. The lowest BCUT2D eigenvalue weighted by molar-refractivity contribution is 0.0835. The highest BCUT2D eigenvalue weighted by Crippen LogP contribution is 2.35. The molecule has 1 fully saturated rings. The van der Waals surface area contributed by atoms with Gasteiger partial charge in [-0.3, -0.25) is 4.79 Å². The van der Waals surface area contributed by atoms with Crippen LogP contribution in [0.15, 0.2) is 24.3 Å². The summed E-state index contributed by atoms with van der Waals surface area (Å²) in [6.07, 6.45) is 3.40. The third-order valence-corrected chi connectivity index (χ3v) is 4.63. The fourth-order valence-electron chi connectivity index (χ4n) is 3.04. The second-order valence-electron chi connectivity index (χ2n) is 5.46. The summed E-state index contributed by atoms with van der Waals surface area (Å²) in [5.41, 5.74) is 0.916. The SMILES string of the molecule is CC1CC(C)CC(C(=O)c2ccccc2I)C1. The van der Waals surface area contributed by atoms with Crippen molar-refractivity contribution < 1.29 is 4.79 Å². The van der Waals surface area contributed by atoms with E-state index in [1.807, 2.05) is 24.3 Å². The van der Waals surface area contributed by atoms with Crippen LogP contribution in [0.5, 0.6) is 0 Å². The molecule has 92 valence electrons. The zero-order chi connectivity index (χ0) is 12.4. The van der Waals surface area contributed by atoms with Crippen molar-refractivity contribution >= 4 is 28.4 Å². The van der Waals surface area contributed by atoms with E-state index in [0.29, 0.717) is 17.6 Å². The minimum atomic E-state index is 0.240. The maximum atomic E-state index is 12.5. The zero-order valence-corrected chi connectivity index (χ0v) is 12.6. The van der Waals surface area contributed by atoms with Crippen LogP contribution >= 0.6 is 22.6 Å². The van der Waals surface area contributed by atoms with Gasteiger partial charge < -0.3 is 0 Å². The number of hydrogen-bond acceptors (Lipinski definition) is 1. The monoisotopic (exact) mass is 342 g/mol. The van der Waals surface area contributed by atoms with Crippen LogP contribution in [0.1, 0.15) is 43.5 Å². The van der Waals surface area contributed by atoms with Gasteiger partial charge in [-0.25, -0.2) is 0 Å². The van der Waals surface area contributed by atoms with Crippen LogP contribution in [0.2, 0.25) is 0 Å². The Labute approximate surface area is 117 Å². The highest BCUT2D eigenvalue weighted by atomic mass is 127. The van der Waals surface area contributed by atoms with Gasteiger partial charge in [0.25, 0.3) is 0 Å². The highest BCUT2D eigenvalue weighted by Gasteiger charge is 2.30. The summed E-state index contributed by atoms with van der Waals surface area (Å²) in [4.78, 5) is 12.5. The lowest BCUT2D eigenvalue weighted by Gasteiger charge is -2.30. The number of benzene rings is 1. The maximum absolute atomic E-state index is 12.5. The first-order chi connectivity index (χ1) is 8.08. The minimum absolute atomic E-state index is 0.240. The van der Waals surface area contributed by atoms with Gasteiger partial charge in [0, 0.05) is 15.1 Å². The van der Waals surface area contributed by atoms with Crippen molar-refractivity contribution in [3.63, 3.8) is 0 Å². The molecule has 1 aliphatic carbocycles. The van der Waals surface area contributed by atoms with Crippen molar-refractivity contribution in [2.75, 3.05) is 0 Å². The van der Waals surface area contributed by atoms with Gasteiger partial charge in [0.1, 0.15) is 0 Å². The summed E-state index contributed by atoms with van der Waals surface area (Å²) in [6.45, 7) is 4.54. The Balaban J connectivity index is 2.17. The van der Waals surface area contributed by atoms with Crippen LogP contribution < -0.4 is 0 Å². The number of hydrogen-bond donors (Lipinski definition) is 0. The molecule has 1 aliphatic rings. The minimum Gasteiger partial charge on any atom is -0.294 e. The standard InChI is InChI=1S/C15H19IO/c1-10-7-11(2)9-12(8-10)15(17)13-5-3-4-6-14(13)16/h3-6,10-12H,7-9H2,1-2H3. The largest absolute Gasteiger partial charge is 0.294 e. The van der Waals surface area contributed by atoms with E-state index in [4.69, 9.17) is 0 Å². The molecule has 1 saturated carbocycles. The highest BCUT2D eigenvalue weighted by molar-refractivity contribution is 14.1. The van der Waals surface area contributed by atoms with Crippen molar-refractivity contribution in [2.24, 2.45) is 17.8 Å². The molecule has 2 heteroatoms. The van der Waals surface area contributed by atoms with Crippen LogP contribution in [0.25, 0.3) is 0 Å².